The maximum absolute atomic E-state index is 3.10. The fraction of sp³-hybridized carbons (Fsp3) is 0.0909. The Morgan fingerprint density at radius 2 is 0.743 bits per heavy atom. The van der Waals surface area contributed by atoms with E-state index in [2.05, 4.69) is 158 Å². The first-order valence-electron chi connectivity index (χ1n) is 11.9. The van der Waals surface area contributed by atoms with Crippen molar-refractivity contribution in [2.24, 2.45) is 0 Å². The third-order valence-electron chi connectivity index (χ3n) is 7.34. The van der Waals surface area contributed by atoms with E-state index in [4.69, 9.17) is 0 Å². The van der Waals surface area contributed by atoms with Gasteiger partial charge in [-0.15, -0.1) is 0 Å². The number of hydrogen-bond donors (Lipinski definition) is 0. The van der Waals surface area contributed by atoms with E-state index in [0.29, 0.717) is 0 Å². The molecular formula is C33H32S2. The Bertz CT molecular complexity index is 1430. The number of rotatable bonds is 6. The van der Waals surface area contributed by atoms with Gasteiger partial charge >= 0.3 is 0 Å². The van der Waals surface area contributed by atoms with E-state index in [1.54, 1.807) is 0 Å². The van der Waals surface area contributed by atoms with Gasteiger partial charge in [0.15, 0.2) is 0 Å². The maximum atomic E-state index is 2.49. The summed E-state index contributed by atoms with van der Waals surface area (Å²) in [5.41, 5.74) is 2.49. The van der Waals surface area contributed by atoms with Crippen LogP contribution in [0.1, 0.15) is 0 Å². The molecule has 5 rings (SSSR count). The molecule has 0 fully saturated rings. The molecule has 0 radical (unpaired) electrons. The second-order valence-electron chi connectivity index (χ2n) is 10.5. The topological polar surface area (TPSA) is 0 Å². The first kappa shape index (κ1) is 23.5. The van der Waals surface area contributed by atoms with E-state index in [0.717, 1.165) is 0 Å². The van der Waals surface area contributed by atoms with Gasteiger partial charge in [0.25, 0.3) is 0 Å². The highest BCUT2D eigenvalue weighted by Gasteiger charge is 2.52. The van der Waals surface area contributed by atoms with Crippen LogP contribution in [-0.2, 0) is 0 Å². The molecule has 2 heteroatoms. The zero-order chi connectivity index (χ0) is 24.4. The molecule has 0 aliphatic rings. The first-order chi connectivity index (χ1) is 16.8. The summed E-state index contributed by atoms with van der Waals surface area (Å²) in [6.45, 7) is 0. The van der Waals surface area contributed by atoms with Crippen LogP contribution in [0, 0.1) is 0 Å². The van der Waals surface area contributed by atoms with Gasteiger partial charge in [-0.1, -0.05) is 115 Å². The highest BCUT2D eigenvalue weighted by molar-refractivity contribution is 8.63. The van der Waals surface area contributed by atoms with Crippen molar-refractivity contribution in [3.05, 3.63) is 140 Å². The van der Waals surface area contributed by atoms with Gasteiger partial charge in [-0.2, -0.15) is 0 Å². The van der Waals surface area contributed by atoms with Crippen molar-refractivity contribution in [3.63, 3.8) is 0 Å². The molecule has 0 aromatic heterocycles. The summed E-state index contributed by atoms with van der Waals surface area (Å²) in [6, 6.07) is 50.8. The van der Waals surface area contributed by atoms with Crippen LogP contribution in [0.2, 0.25) is 0 Å². The van der Waals surface area contributed by atoms with Gasteiger partial charge in [-0.3, -0.25) is 0 Å². The van der Waals surface area contributed by atoms with E-state index >= 15 is 0 Å². The number of benzene rings is 5. The minimum Gasteiger partial charge on any atom is -0.219 e. The summed E-state index contributed by atoms with van der Waals surface area (Å²) in [5.74, 6) is 0. The van der Waals surface area contributed by atoms with Gasteiger partial charge in [-0.05, 0) is 81.0 Å². The smallest absolute Gasteiger partial charge is 0.0123 e. The predicted octanol–water partition coefficient (Wildman–Crippen LogP) is 9.75. The Balaban J connectivity index is 1.64. The SMILES string of the molecule is CS(C)(C)(c1ccccc1)(c1ccc(Sc2ccccc2)cc1)c1ccc(-c2ccccc2)cc1. The maximum Gasteiger partial charge on any atom is 0.0123 e. The normalized spacial score (nSPS) is 13.6. The molecule has 0 saturated heterocycles. The van der Waals surface area contributed by atoms with Gasteiger partial charge in [0.2, 0.25) is 0 Å². The van der Waals surface area contributed by atoms with Gasteiger partial charge in [-0.25, -0.2) is 8.29 Å². The lowest BCUT2D eigenvalue weighted by atomic mass is 10.1. The van der Waals surface area contributed by atoms with Crippen LogP contribution >= 0.6 is 20.1 Å². The summed E-state index contributed by atoms with van der Waals surface area (Å²) in [4.78, 5) is 6.65. The molecule has 0 heterocycles. The third kappa shape index (κ3) is 4.11. The average Bonchev–Trinajstić information content (AvgIpc) is 2.91. The molecule has 5 aromatic rings. The van der Waals surface area contributed by atoms with Crippen LogP contribution in [0.5, 0.6) is 0 Å². The Hall–Kier alpha value is -3.20. The van der Waals surface area contributed by atoms with Crippen LogP contribution in [0.25, 0.3) is 11.1 Å². The van der Waals surface area contributed by atoms with Crippen LogP contribution in [0.4, 0.5) is 0 Å². The third-order valence-corrected chi connectivity index (χ3v) is 14.8. The summed E-state index contributed by atoms with van der Waals surface area (Å²) in [6.07, 6.45) is 7.48. The van der Waals surface area contributed by atoms with Crippen LogP contribution < -0.4 is 0 Å². The minimum absolute atomic E-state index is 1.25. The van der Waals surface area contributed by atoms with E-state index in [-0.39, 0.29) is 0 Å². The van der Waals surface area contributed by atoms with E-state index in [9.17, 15) is 0 Å². The second-order valence-corrected chi connectivity index (χ2v) is 19.8. The lowest BCUT2D eigenvalue weighted by molar-refractivity contribution is 1.20. The fourth-order valence-corrected chi connectivity index (χ4v) is 10.2. The van der Waals surface area contributed by atoms with Crippen molar-refractivity contribution in [2.75, 3.05) is 18.8 Å². The van der Waals surface area contributed by atoms with Gasteiger partial charge in [0, 0.05) is 9.79 Å². The zero-order valence-corrected chi connectivity index (χ0v) is 22.2. The fourth-order valence-electron chi connectivity index (χ4n) is 4.87. The van der Waals surface area contributed by atoms with Crippen molar-refractivity contribution in [3.8, 4) is 11.1 Å². The van der Waals surface area contributed by atoms with Crippen molar-refractivity contribution in [2.45, 2.75) is 24.5 Å². The molecule has 0 aliphatic heterocycles. The van der Waals surface area contributed by atoms with E-state index in [1.165, 1.54) is 35.6 Å². The Labute approximate surface area is 213 Å². The van der Waals surface area contributed by atoms with E-state index in [1.807, 2.05) is 11.8 Å². The molecular weight excluding hydrogens is 460 g/mol. The summed E-state index contributed by atoms with van der Waals surface area (Å²) >= 11 is 1.81. The minimum atomic E-state index is -3.10. The van der Waals surface area contributed by atoms with Gasteiger partial charge in [0.1, 0.15) is 0 Å². The standard InChI is InChI=1S/C33H32S2/c1-35(2,3,31-17-11-6-12-18-31,32-23-19-28(20-24-32)27-13-7-4-8-14-27)33-25-21-30(22-26-33)34-29-15-9-5-10-16-29/h4-26H,1-3H3. The molecule has 0 saturated carbocycles. The van der Waals surface area contributed by atoms with Crippen LogP contribution in [0.15, 0.2) is 164 Å². The van der Waals surface area contributed by atoms with Crippen LogP contribution in [0.3, 0.4) is 0 Å². The zero-order valence-electron chi connectivity index (χ0n) is 20.6. The van der Waals surface area contributed by atoms with Gasteiger partial charge < -0.3 is 0 Å². The molecule has 0 aliphatic carbocycles. The monoisotopic (exact) mass is 492 g/mol. The van der Waals surface area contributed by atoms with Crippen LogP contribution in [-0.4, -0.2) is 18.8 Å². The molecule has 0 atom stereocenters. The highest BCUT2D eigenvalue weighted by atomic mass is 32.4. The lowest BCUT2D eigenvalue weighted by Crippen LogP contribution is -2.33. The Morgan fingerprint density at radius 3 is 1.29 bits per heavy atom. The van der Waals surface area contributed by atoms with Crippen molar-refractivity contribution >= 4 is 20.1 Å². The second kappa shape index (κ2) is 8.48. The van der Waals surface area contributed by atoms with E-state index < -0.39 is 8.29 Å². The molecule has 0 unspecified atom stereocenters. The summed E-state index contributed by atoms with van der Waals surface area (Å²) in [5, 5.41) is 0. The summed E-state index contributed by atoms with van der Waals surface area (Å²) in [7, 11) is -3.10. The molecule has 35 heavy (non-hydrogen) atoms. The molecule has 0 nitrogen and oxygen atoms in total. The average molecular weight is 493 g/mol. The Kier molecular flexibility index (Phi) is 5.70. The van der Waals surface area contributed by atoms with Crippen molar-refractivity contribution < 1.29 is 0 Å². The van der Waals surface area contributed by atoms with Crippen molar-refractivity contribution in [1.82, 2.24) is 0 Å². The molecule has 0 N–H and O–H groups in total. The van der Waals surface area contributed by atoms with Crippen molar-refractivity contribution in [1.29, 1.82) is 0 Å². The lowest BCUT2D eigenvalue weighted by Gasteiger charge is -2.73. The predicted molar refractivity (Wildman–Crippen MR) is 155 cm³/mol. The number of hydrogen-bond acceptors (Lipinski definition) is 1. The molecule has 0 amide bonds. The molecule has 5 aromatic carbocycles. The molecule has 176 valence electrons. The Morgan fingerprint density at radius 1 is 0.371 bits per heavy atom. The largest absolute Gasteiger partial charge is 0.219 e. The first-order valence-corrected chi connectivity index (χ1v) is 16.4. The summed E-state index contributed by atoms with van der Waals surface area (Å²) < 4.78 is 0. The molecule has 0 spiro atoms. The highest BCUT2D eigenvalue weighted by Crippen LogP contribution is 2.96. The van der Waals surface area contributed by atoms with Gasteiger partial charge in [0.05, 0.1) is 0 Å². The molecule has 0 bridgehead atoms. The quantitative estimate of drug-likeness (QED) is 0.227.